The van der Waals surface area contributed by atoms with Crippen LogP contribution in [0.15, 0.2) is 60.7 Å². The van der Waals surface area contributed by atoms with Crippen molar-refractivity contribution in [3.63, 3.8) is 0 Å². The van der Waals surface area contributed by atoms with Crippen LogP contribution in [-0.2, 0) is 12.6 Å². The van der Waals surface area contributed by atoms with Gasteiger partial charge in [-0.05, 0) is 92.5 Å². The van der Waals surface area contributed by atoms with E-state index in [2.05, 4.69) is 4.90 Å². The molecule has 176 valence electrons. The predicted molar refractivity (Wildman–Crippen MR) is 127 cm³/mol. The topological polar surface area (TPSA) is 23.5 Å². The molecule has 1 heterocycles. The van der Waals surface area contributed by atoms with E-state index in [0.29, 0.717) is 17.7 Å². The van der Waals surface area contributed by atoms with Crippen molar-refractivity contribution in [2.24, 2.45) is 5.92 Å². The van der Waals surface area contributed by atoms with Crippen LogP contribution in [0.3, 0.4) is 0 Å². The number of likely N-dealkylation sites (tertiary alicyclic amines) is 1. The van der Waals surface area contributed by atoms with Gasteiger partial charge in [0.1, 0.15) is 0 Å². The normalized spacial score (nSPS) is 16.9. The molecule has 2 nitrogen and oxygen atoms in total. The maximum absolute atomic E-state index is 13.6. The van der Waals surface area contributed by atoms with Gasteiger partial charge in [0.25, 0.3) is 0 Å². The van der Waals surface area contributed by atoms with E-state index in [1.54, 1.807) is 24.3 Å². The molecule has 0 aromatic heterocycles. The van der Waals surface area contributed by atoms with Crippen molar-refractivity contribution < 1.29 is 18.3 Å². The van der Waals surface area contributed by atoms with Crippen molar-refractivity contribution in [2.45, 2.75) is 51.3 Å². The number of fused-ring (bicyclic) bond motifs is 1. The van der Waals surface area contributed by atoms with E-state index in [1.165, 1.54) is 11.6 Å². The van der Waals surface area contributed by atoms with Gasteiger partial charge in [0, 0.05) is 0 Å². The maximum Gasteiger partial charge on any atom is 0.417 e. The Balaban J connectivity index is 1.28. The second kappa shape index (κ2) is 10.3. The third-order valence-electron chi connectivity index (χ3n) is 6.87. The summed E-state index contributed by atoms with van der Waals surface area (Å²) in [5, 5.41) is 11.3. The van der Waals surface area contributed by atoms with Gasteiger partial charge in [0.05, 0.1) is 11.7 Å². The quantitative estimate of drug-likeness (QED) is 0.417. The van der Waals surface area contributed by atoms with Gasteiger partial charge in [0.15, 0.2) is 0 Å². The van der Waals surface area contributed by atoms with Crippen molar-refractivity contribution in [1.82, 2.24) is 4.90 Å². The van der Waals surface area contributed by atoms with E-state index in [9.17, 15) is 18.3 Å². The molecule has 0 saturated carbocycles. The molecule has 1 atom stereocenters. The van der Waals surface area contributed by atoms with Crippen LogP contribution in [-0.4, -0.2) is 29.6 Å². The number of hydrogen-bond acceptors (Lipinski definition) is 2. The van der Waals surface area contributed by atoms with Crippen LogP contribution in [0.4, 0.5) is 13.2 Å². The SMILES string of the molecule is Cc1ccc(C(O)CCCN2CCC(Cc3cc(C(F)(F)F)c4ccccc4c3)CC2)cc1. The average molecular weight is 456 g/mol. The highest BCUT2D eigenvalue weighted by atomic mass is 19.4. The molecule has 33 heavy (non-hydrogen) atoms. The fraction of sp³-hybridized carbons (Fsp3) is 0.429. The first-order valence-corrected chi connectivity index (χ1v) is 11.9. The van der Waals surface area contributed by atoms with E-state index in [1.807, 2.05) is 37.3 Å². The molecule has 0 radical (unpaired) electrons. The Morgan fingerprint density at radius 1 is 1.00 bits per heavy atom. The number of alkyl halides is 3. The first-order valence-electron chi connectivity index (χ1n) is 11.9. The highest BCUT2D eigenvalue weighted by Gasteiger charge is 2.33. The lowest BCUT2D eigenvalue weighted by Crippen LogP contribution is -2.35. The van der Waals surface area contributed by atoms with Crippen LogP contribution in [0.2, 0.25) is 0 Å². The number of aliphatic hydroxyl groups is 1. The van der Waals surface area contributed by atoms with E-state index >= 15 is 0 Å². The lowest BCUT2D eigenvalue weighted by molar-refractivity contribution is -0.136. The molecule has 1 fully saturated rings. The van der Waals surface area contributed by atoms with Crippen molar-refractivity contribution in [1.29, 1.82) is 0 Å². The molecule has 3 aromatic carbocycles. The minimum atomic E-state index is -4.35. The fourth-order valence-corrected chi connectivity index (χ4v) is 4.94. The third kappa shape index (κ3) is 6.15. The number of piperidine rings is 1. The number of hydrogen-bond donors (Lipinski definition) is 1. The molecule has 0 aliphatic carbocycles. The van der Waals surface area contributed by atoms with E-state index in [4.69, 9.17) is 0 Å². The largest absolute Gasteiger partial charge is 0.417 e. The second-order valence-electron chi connectivity index (χ2n) is 9.42. The minimum absolute atomic E-state index is 0.274. The molecule has 4 rings (SSSR count). The zero-order valence-corrected chi connectivity index (χ0v) is 19.1. The van der Waals surface area contributed by atoms with Crippen LogP contribution in [0.1, 0.15) is 54.0 Å². The van der Waals surface area contributed by atoms with Crippen LogP contribution in [0.5, 0.6) is 0 Å². The number of aryl methyl sites for hydroxylation is 1. The highest BCUT2D eigenvalue weighted by Crippen LogP contribution is 2.36. The van der Waals surface area contributed by atoms with Crippen molar-refractivity contribution in [3.8, 4) is 0 Å². The predicted octanol–water partition coefficient (Wildman–Crippen LogP) is 6.94. The summed E-state index contributed by atoms with van der Waals surface area (Å²) >= 11 is 0. The molecular formula is C28H32F3NO. The van der Waals surface area contributed by atoms with Gasteiger partial charge in [-0.1, -0.05) is 60.2 Å². The first-order chi connectivity index (χ1) is 15.8. The summed E-state index contributed by atoms with van der Waals surface area (Å²) in [6.07, 6.45) is -0.433. The lowest BCUT2D eigenvalue weighted by Gasteiger charge is -2.32. The lowest BCUT2D eigenvalue weighted by atomic mass is 9.88. The molecule has 0 spiro atoms. The summed E-state index contributed by atoms with van der Waals surface area (Å²) < 4.78 is 40.8. The highest BCUT2D eigenvalue weighted by molar-refractivity contribution is 5.87. The van der Waals surface area contributed by atoms with Crippen LogP contribution in [0, 0.1) is 12.8 Å². The zero-order chi connectivity index (χ0) is 23.4. The Labute approximate surface area is 194 Å². The summed E-state index contributed by atoms with van der Waals surface area (Å²) in [6, 6.07) is 18.1. The van der Waals surface area contributed by atoms with Crippen LogP contribution < -0.4 is 0 Å². The molecule has 1 unspecified atom stereocenters. The molecule has 0 amide bonds. The maximum atomic E-state index is 13.6. The summed E-state index contributed by atoms with van der Waals surface area (Å²) in [6.45, 7) is 4.91. The monoisotopic (exact) mass is 455 g/mol. The summed E-state index contributed by atoms with van der Waals surface area (Å²) in [4.78, 5) is 2.42. The Morgan fingerprint density at radius 2 is 1.70 bits per heavy atom. The van der Waals surface area contributed by atoms with Gasteiger partial charge < -0.3 is 10.0 Å². The Kier molecular flexibility index (Phi) is 7.40. The average Bonchev–Trinajstić information content (AvgIpc) is 2.79. The van der Waals surface area contributed by atoms with Crippen LogP contribution >= 0.6 is 0 Å². The van der Waals surface area contributed by atoms with Gasteiger partial charge in [0.2, 0.25) is 0 Å². The van der Waals surface area contributed by atoms with Gasteiger partial charge >= 0.3 is 6.18 Å². The number of rotatable bonds is 7. The molecule has 1 aliphatic heterocycles. The van der Waals surface area contributed by atoms with E-state index in [0.717, 1.165) is 56.4 Å². The third-order valence-corrected chi connectivity index (χ3v) is 6.87. The zero-order valence-electron chi connectivity index (χ0n) is 19.1. The second-order valence-corrected chi connectivity index (χ2v) is 9.42. The molecular weight excluding hydrogens is 423 g/mol. The van der Waals surface area contributed by atoms with Crippen LogP contribution in [0.25, 0.3) is 10.8 Å². The number of benzene rings is 3. The number of halogens is 3. The fourth-order valence-electron chi connectivity index (χ4n) is 4.94. The standard InChI is InChI=1S/C28H32F3NO/c1-20-8-10-23(11-9-20)27(33)7-4-14-32-15-12-21(13-16-32)17-22-18-24-5-2-3-6-25(24)26(19-22)28(29,30)31/h2-3,5-6,8-11,18-19,21,27,33H,4,7,12-17H2,1H3. The molecule has 1 N–H and O–H groups in total. The van der Waals surface area contributed by atoms with E-state index in [-0.39, 0.29) is 5.39 Å². The molecule has 1 aliphatic rings. The van der Waals surface area contributed by atoms with Crippen molar-refractivity contribution in [3.05, 3.63) is 82.9 Å². The van der Waals surface area contributed by atoms with Gasteiger partial charge in [-0.3, -0.25) is 0 Å². The molecule has 5 heteroatoms. The molecule has 0 bridgehead atoms. The molecule has 3 aromatic rings. The Morgan fingerprint density at radius 3 is 2.39 bits per heavy atom. The minimum Gasteiger partial charge on any atom is -0.388 e. The van der Waals surface area contributed by atoms with Crippen molar-refractivity contribution in [2.75, 3.05) is 19.6 Å². The number of aliphatic hydroxyl groups excluding tert-OH is 1. The summed E-state index contributed by atoms with van der Waals surface area (Å²) in [7, 11) is 0. The van der Waals surface area contributed by atoms with Crippen molar-refractivity contribution >= 4 is 10.8 Å². The van der Waals surface area contributed by atoms with Gasteiger partial charge in [-0.25, -0.2) is 0 Å². The number of nitrogens with zero attached hydrogens (tertiary/aromatic N) is 1. The smallest absolute Gasteiger partial charge is 0.388 e. The Bertz CT molecular complexity index is 1050. The van der Waals surface area contributed by atoms with Gasteiger partial charge in [-0.15, -0.1) is 0 Å². The molecule has 1 saturated heterocycles. The van der Waals surface area contributed by atoms with Gasteiger partial charge in [-0.2, -0.15) is 13.2 Å². The summed E-state index contributed by atoms with van der Waals surface area (Å²) in [5.41, 5.74) is 2.40. The first kappa shape index (κ1) is 23.8. The Hall–Kier alpha value is -2.37. The summed E-state index contributed by atoms with van der Waals surface area (Å²) in [5.74, 6) is 0.404. The van der Waals surface area contributed by atoms with E-state index < -0.39 is 17.8 Å².